The van der Waals surface area contributed by atoms with Crippen molar-refractivity contribution in [3.05, 3.63) is 98.5 Å². The molecule has 258 valence electrons. The Morgan fingerprint density at radius 3 is 2.23 bits per heavy atom. The maximum Gasteiger partial charge on any atom is 0.417 e. The minimum Gasteiger partial charge on any atom is -0.490 e. The number of nitrogens with zero attached hydrogens (tertiary/aromatic N) is 1. The average Bonchev–Trinajstić information content (AvgIpc) is 3.88. The van der Waals surface area contributed by atoms with Gasteiger partial charge in [-0.3, -0.25) is 9.59 Å². The number of rotatable bonds is 10. The summed E-state index contributed by atoms with van der Waals surface area (Å²) in [6, 6.07) is 13.6. The summed E-state index contributed by atoms with van der Waals surface area (Å²) in [7, 11) is 0. The van der Waals surface area contributed by atoms with Gasteiger partial charge in [-0.05, 0) is 78.9 Å². The largest absolute Gasteiger partial charge is 0.490 e. The van der Waals surface area contributed by atoms with E-state index in [1.165, 1.54) is 12.1 Å². The lowest BCUT2D eigenvalue weighted by Crippen LogP contribution is -2.39. The van der Waals surface area contributed by atoms with Crippen molar-refractivity contribution in [3.8, 4) is 11.5 Å². The van der Waals surface area contributed by atoms with Crippen molar-refractivity contribution in [2.24, 2.45) is 0 Å². The molecule has 3 aromatic carbocycles. The molecule has 0 aromatic heterocycles. The lowest BCUT2D eigenvalue weighted by atomic mass is 9.93. The number of hydrogen-bond donors (Lipinski definition) is 2. The summed E-state index contributed by atoms with van der Waals surface area (Å²) in [5, 5.41) is 9.55. The van der Waals surface area contributed by atoms with Crippen LogP contribution in [0.4, 0.5) is 26.3 Å². The van der Waals surface area contributed by atoms with E-state index in [1.807, 2.05) is 12.1 Å². The zero-order valence-electron chi connectivity index (χ0n) is 25.1. The van der Waals surface area contributed by atoms with Crippen LogP contribution < -0.4 is 14.8 Å². The first kappa shape index (κ1) is 36.9. The molecule has 1 aliphatic heterocycles. The van der Waals surface area contributed by atoms with Crippen molar-refractivity contribution >= 4 is 41.2 Å². The zero-order valence-corrected chi connectivity index (χ0v) is 26.6. The Bertz CT molecular complexity index is 1630. The standard InChI is InChI=1S/C32H28Cl2F6N2O3.CH2O2/c33-27-16-21(31(35,36)37)6-11-28(27)45-15-14-44-23-9-4-19(5-10-23)24-12-13-41-17-25(24)30(43)42(22-7-8-22)18-20-2-1-3-26(29(20)34)32(38,39)40;2-1-3/h1-6,9-11,16,22,41H,7-8,12-15,17-18H2;1H,(H,2,3). The highest BCUT2D eigenvalue weighted by Gasteiger charge is 2.38. The second-order valence-corrected chi connectivity index (χ2v) is 11.6. The van der Waals surface area contributed by atoms with E-state index in [4.69, 9.17) is 42.6 Å². The molecular formula is C33H30Cl2F6N2O5. The van der Waals surface area contributed by atoms with Crippen molar-refractivity contribution in [2.75, 3.05) is 26.3 Å². The average molecular weight is 720 g/mol. The highest BCUT2D eigenvalue weighted by Crippen LogP contribution is 2.39. The Morgan fingerprint density at radius 1 is 0.958 bits per heavy atom. The Kier molecular flexibility index (Phi) is 12.3. The highest BCUT2D eigenvalue weighted by molar-refractivity contribution is 6.32. The molecule has 1 amide bonds. The number of carbonyl (C=O) groups is 2. The van der Waals surface area contributed by atoms with Crippen molar-refractivity contribution in [1.82, 2.24) is 10.2 Å². The van der Waals surface area contributed by atoms with Crippen LogP contribution in [-0.4, -0.2) is 54.7 Å². The minimum atomic E-state index is -4.60. The number of halogens is 8. The zero-order chi connectivity index (χ0) is 35.1. The molecule has 15 heteroatoms. The van der Waals surface area contributed by atoms with Crippen LogP contribution in [0.2, 0.25) is 10.0 Å². The molecule has 0 radical (unpaired) electrons. The molecule has 0 saturated heterocycles. The fraction of sp³-hybridized carbons (Fsp3) is 0.333. The van der Waals surface area contributed by atoms with Crippen LogP contribution in [0, 0.1) is 0 Å². The number of carbonyl (C=O) groups excluding carboxylic acids is 1. The van der Waals surface area contributed by atoms with Gasteiger partial charge in [-0.25, -0.2) is 0 Å². The fourth-order valence-electron chi connectivity index (χ4n) is 5.10. The van der Waals surface area contributed by atoms with Crippen molar-refractivity contribution in [1.29, 1.82) is 0 Å². The van der Waals surface area contributed by atoms with Gasteiger partial charge in [0.15, 0.2) is 0 Å². The number of hydrogen-bond acceptors (Lipinski definition) is 5. The summed E-state index contributed by atoms with van der Waals surface area (Å²) < 4.78 is 90.0. The van der Waals surface area contributed by atoms with Crippen LogP contribution >= 0.6 is 23.2 Å². The molecule has 0 bridgehead atoms. The van der Waals surface area contributed by atoms with Gasteiger partial charge in [-0.1, -0.05) is 47.5 Å². The monoisotopic (exact) mass is 718 g/mol. The van der Waals surface area contributed by atoms with E-state index in [0.29, 0.717) is 30.8 Å². The first-order valence-electron chi connectivity index (χ1n) is 14.6. The molecule has 2 aliphatic rings. The van der Waals surface area contributed by atoms with Crippen LogP contribution in [0.15, 0.2) is 66.2 Å². The summed E-state index contributed by atoms with van der Waals surface area (Å²) in [4.78, 5) is 23.8. The van der Waals surface area contributed by atoms with E-state index in [1.54, 1.807) is 17.0 Å². The van der Waals surface area contributed by atoms with Crippen LogP contribution in [-0.2, 0) is 28.5 Å². The van der Waals surface area contributed by atoms with Gasteiger partial charge < -0.3 is 24.8 Å². The maximum atomic E-state index is 13.9. The van der Waals surface area contributed by atoms with E-state index < -0.39 is 28.5 Å². The lowest BCUT2D eigenvalue weighted by Gasteiger charge is -2.29. The number of ether oxygens (including phenoxy) is 2. The molecular weight excluding hydrogens is 689 g/mol. The van der Waals surface area contributed by atoms with Gasteiger partial charge in [0, 0.05) is 24.7 Å². The van der Waals surface area contributed by atoms with E-state index in [9.17, 15) is 31.1 Å². The molecule has 2 N–H and O–H groups in total. The summed E-state index contributed by atoms with van der Waals surface area (Å²) in [6.45, 7) is 0.819. The van der Waals surface area contributed by atoms with E-state index in [2.05, 4.69) is 5.32 Å². The van der Waals surface area contributed by atoms with E-state index in [0.717, 1.165) is 48.2 Å². The van der Waals surface area contributed by atoms with E-state index >= 15 is 0 Å². The van der Waals surface area contributed by atoms with Crippen molar-refractivity contribution < 1.29 is 50.5 Å². The second kappa shape index (κ2) is 16.0. The maximum absolute atomic E-state index is 13.9. The molecule has 0 unspecified atom stereocenters. The quantitative estimate of drug-likeness (QED) is 0.125. The molecule has 1 saturated carbocycles. The van der Waals surface area contributed by atoms with Gasteiger partial charge in [-0.15, -0.1) is 0 Å². The predicted octanol–water partition coefficient (Wildman–Crippen LogP) is 8.13. The SMILES string of the molecule is O=C(C1=C(c2ccc(OCCOc3ccc(C(F)(F)F)cc3Cl)cc2)CCNC1)N(Cc1cccc(C(F)(F)F)c1Cl)C1CC1.O=CO. The van der Waals surface area contributed by atoms with Crippen molar-refractivity contribution in [2.45, 2.75) is 44.2 Å². The van der Waals surface area contributed by atoms with Crippen LogP contribution in [0.5, 0.6) is 11.5 Å². The number of benzene rings is 3. The summed E-state index contributed by atoms with van der Waals surface area (Å²) in [6.07, 6.45) is -7.01. The molecule has 1 fully saturated rings. The molecule has 5 rings (SSSR count). The molecule has 1 aliphatic carbocycles. The van der Waals surface area contributed by atoms with Crippen LogP contribution in [0.25, 0.3) is 5.57 Å². The third kappa shape index (κ3) is 9.57. The minimum absolute atomic E-state index is 0.0322. The fourth-order valence-corrected chi connectivity index (χ4v) is 5.62. The molecule has 7 nitrogen and oxygen atoms in total. The van der Waals surface area contributed by atoms with E-state index in [-0.39, 0.29) is 54.5 Å². The highest BCUT2D eigenvalue weighted by atomic mass is 35.5. The molecule has 0 spiro atoms. The first-order chi connectivity index (χ1) is 22.7. The smallest absolute Gasteiger partial charge is 0.417 e. The Labute approximate surface area is 282 Å². The molecule has 3 aromatic rings. The van der Waals surface area contributed by atoms with Crippen LogP contribution in [0.3, 0.4) is 0 Å². The van der Waals surface area contributed by atoms with Gasteiger partial charge >= 0.3 is 12.4 Å². The van der Waals surface area contributed by atoms with Crippen molar-refractivity contribution in [3.63, 3.8) is 0 Å². The van der Waals surface area contributed by atoms with Gasteiger partial charge in [0.2, 0.25) is 0 Å². The summed E-state index contributed by atoms with van der Waals surface area (Å²) >= 11 is 12.1. The molecule has 0 atom stereocenters. The normalized spacial score (nSPS) is 14.9. The Hall–Kier alpha value is -3.94. The summed E-state index contributed by atoms with van der Waals surface area (Å²) in [5.74, 6) is 0.379. The number of alkyl halides is 6. The number of carboxylic acid groups (broad SMARTS) is 1. The first-order valence-corrected chi connectivity index (χ1v) is 15.4. The lowest BCUT2D eigenvalue weighted by molar-refractivity contribution is -0.138. The van der Waals surface area contributed by atoms with Gasteiger partial charge in [0.05, 0.1) is 21.2 Å². The summed E-state index contributed by atoms with van der Waals surface area (Å²) in [5.41, 5.74) is 0.640. The number of nitrogens with one attached hydrogen (secondary N) is 1. The molecule has 1 heterocycles. The Balaban J connectivity index is 0.00000167. The topological polar surface area (TPSA) is 88.1 Å². The van der Waals surface area contributed by atoms with Crippen LogP contribution in [0.1, 0.15) is 41.5 Å². The molecule has 48 heavy (non-hydrogen) atoms. The number of amides is 1. The predicted molar refractivity (Wildman–Crippen MR) is 167 cm³/mol. The second-order valence-electron chi connectivity index (χ2n) is 10.8. The Morgan fingerprint density at radius 2 is 1.62 bits per heavy atom. The van der Waals surface area contributed by atoms with Gasteiger partial charge in [0.25, 0.3) is 12.4 Å². The van der Waals surface area contributed by atoms with Gasteiger partial charge in [0.1, 0.15) is 24.7 Å². The third-order valence-corrected chi connectivity index (χ3v) is 8.26. The third-order valence-electron chi connectivity index (χ3n) is 7.52. The van der Waals surface area contributed by atoms with Gasteiger partial charge in [-0.2, -0.15) is 26.3 Å².